The maximum Gasteiger partial charge on any atom is 0.273 e. The van der Waals surface area contributed by atoms with Crippen molar-refractivity contribution in [1.82, 2.24) is 9.88 Å². The van der Waals surface area contributed by atoms with Gasteiger partial charge < -0.3 is 10.6 Å². The summed E-state index contributed by atoms with van der Waals surface area (Å²) >= 11 is 0. The molecule has 1 amide bonds. The van der Waals surface area contributed by atoms with Gasteiger partial charge >= 0.3 is 0 Å². The number of anilines is 1. The number of nitrogens with zero attached hydrogens (tertiary/aromatic N) is 2. The number of nitrogens with two attached hydrogens (primary N) is 1. The van der Waals surface area contributed by atoms with Crippen LogP contribution in [0.15, 0.2) is 24.4 Å². The zero-order valence-electron chi connectivity index (χ0n) is 10.4. The lowest BCUT2D eigenvalue weighted by Crippen LogP contribution is -2.28. The van der Waals surface area contributed by atoms with Crippen LogP contribution in [0.5, 0.6) is 0 Å². The fourth-order valence-electron chi connectivity index (χ4n) is 2.51. The van der Waals surface area contributed by atoms with E-state index < -0.39 is 5.82 Å². The quantitative estimate of drug-likeness (QED) is 0.799. The van der Waals surface area contributed by atoms with Gasteiger partial charge in [-0.15, -0.1) is 0 Å². The van der Waals surface area contributed by atoms with E-state index in [0.717, 1.165) is 12.8 Å². The SMILES string of the molecule is Nc1ccc(F)c2c(C(=O)N3CCCC3)nccc12. The molecule has 2 heterocycles. The Balaban J connectivity index is 2.18. The molecule has 1 aliphatic rings. The number of fused-ring (bicyclic) bond motifs is 1. The Hall–Kier alpha value is -2.17. The Bertz CT molecular complexity index is 650. The molecule has 1 aromatic heterocycles. The van der Waals surface area contributed by atoms with Gasteiger partial charge in [0.15, 0.2) is 0 Å². The molecule has 0 radical (unpaired) electrons. The Kier molecular flexibility index (Phi) is 2.81. The van der Waals surface area contributed by atoms with Crippen LogP contribution >= 0.6 is 0 Å². The molecular weight excluding hydrogens is 245 g/mol. The van der Waals surface area contributed by atoms with Crippen molar-refractivity contribution in [1.29, 1.82) is 0 Å². The Morgan fingerprint density at radius 3 is 2.74 bits per heavy atom. The number of halogens is 1. The molecule has 0 saturated carbocycles. The topological polar surface area (TPSA) is 59.2 Å². The third-order valence-electron chi connectivity index (χ3n) is 3.51. The second-order valence-electron chi connectivity index (χ2n) is 4.72. The predicted octanol–water partition coefficient (Wildman–Crippen LogP) is 2.19. The lowest BCUT2D eigenvalue weighted by Gasteiger charge is -2.16. The zero-order chi connectivity index (χ0) is 13.4. The molecular formula is C14H14FN3O. The smallest absolute Gasteiger partial charge is 0.273 e. The highest BCUT2D eigenvalue weighted by atomic mass is 19.1. The molecule has 1 aliphatic heterocycles. The Labute approximate surface area is 110 Å². The maximum atomic E-state index is 14.0. The number of pyridine rings is 1. The van der Waals surface area contributed by atoms with Crippen LogP contribution in [0.4, 0.5) is 10.1 Å². The highest BCUT2D eigenvalue weighted by Crippen LogP contribution is 2.27. The van der Waals surface area contributed by atoms with Gasteiger partial charge in [0, 0.05) is 30.4 Å². The summed E-state index contributed by atoms with van der Waals surface area (Å²) in [4.78, 5) is 18.2. The fourth-order valence-corrected chi connectivity index (χ4v) is 2.51. The second kappa shape index (κ2) is 4.50. The molecule has 5 heteroatoms. The first-order valence-electron chi connectivity index (χ1n) is 6.30. The lowest BCUT2D eigenvalue weighted by molar-refractivity contribution is 0.0789. The summed E-state index contributed by atoms with van der Waals surface area (Å²) in [5.41, 5.74) is 6.44. The van der Waals surface area contributed by atoms with Crippen LogP contribution in [-0.4, -0.2) is 28.9 Å². The molecule has 0 bridgehead atoms. The number of nitrogen functional groups attached to an aromatic ring is 1. The van der Waals surface area contributed by atoms with Crippen LogP contribution in [-0.2, 0) is 0 Å². The van der Waals surface area contributed by atoms with E-state index in [-0.39, 0.29) is 17.0 Å². The van der Waals surface area contributed by atoms with Gasteiger partial charge in [-0.05, 0) is 31.0 Å². The largest absolute Gasteiger partial charge is 0.398 e. The van der Waals surface area contributed by atoms with Crippen LogP contribution < -0.4 is 5.73 Å². The minimum Gasteiger partial charge on any atom is -0.398 e. The summed E-state index contributed by atoms with van der Waals surface area (Å²) in [5.74, 6) is -0.674. The van der Waals surface area contributed by atoms with Crippen molar-refractivity contribution in [3.8, 4) is 0 Å². The first kappa shape index (κ1) is 11.9. The molecule has 3 rings (SSSR count). The summed E-state index contributed by atoms with van der Waals surface area (Å²) in [6.07, 6.45) is 3.48. The monoisotopic (exact) mass is 259 g/mol. The number of hydrogen-bond acceptors (Lipinski definition) is 3. The molecule has 0 unspecified atom stereocenters. The molecule has 0 aliphatic carbocycles. The first-order valence-corrected chi connectivity index (χ1v) is 6.30. The number of amides is 1. The summed E-state index contributed by atoms with van der Waals surface area (Å²) in [6.45, 7) is 1.42. The van der Waals surface area contributed by atoms with Crippen molar-refractivity contribution < 1.29 is 9.18 Å². The number of benzene rings is 1. The fraction of sp³-hybridized carbons (Fsp3) is 0.286. The molecule has 1 aromatic carbocycles. The first-order chi connectivity index (χ1) is 9.18. The number of hydrogen-bond donors (Lipinski definition) is 1. The van der Waals surface area contributed by atoms with Crippen molar-refractivity contribution >= 4 is 22.4 Å². The van der Waals surface area contributed by atoms with Crippen LogP contribution in [0.25, 0.3) is 10.8 Å². The summed E-state index contributed by atoms with van der Waals surface area (Å²) in [6, 6.07) is 4.41. The average Bonchev–Trinajstić information content (AvgIpc) is 2.96. The number of aromatic nitrogens is 1. The number of rotatable bonds is 1. The van der Waals surface area contributed by atoms with E-state index in [1.54, 1.807) is 11.0 Å². The number of likely N-dealkylation sites (tertiary alicyclic amines) is 1. The normalized spacial score (nSPS) is 15.1. The summed E-state index contributed by atoms with van der Waals surface area (Å²) in [5, 5.41) is 0.761. The van der Waals surface area contributed by atoms with Gasteiger partial charge in [-0.2, -0.15) is 0 Å². The van der Waals surface area contributed by atoms with E-state index in [9.17, 15) is 9.18 Å². The van der Waals surface area contributed by atoms with E-state index >= 15 is 0 Å². The van der Waals surface area contributed by atoms with Gasteiger partial charge in [-0.3, -0.25) is 9.78 Å². The third kappa shape index (κ3) is 1.91. The van der Waals surface area contributed by atoms with Crippen molar-refractivity contribution in [2.45, 2.75) is 12.8 Å². The molecule has 4 nitrogen and oxygen atoms in total. The van der Waals surface area contributed by atoms with E-state index in [2.05, 4.69) is 4.98 Å². The van der Waals surface area contributed by atoms with E-state index in [4.69, 9.17) is 5.73 Å². The van der Waals surface area contributed by atoms with Crippen molar-refractivity contribution in [3.05, 3.63) is 35.9 Å². The van der Waals surface area contributed by atoms with Crippen LogP contribution in [0.3, 0.4) is 0 Å². The van der Waals surface area contributed by atoms with Crippen LogP contribution in [0.1, 0.15) is 23.3 Å². The van der Waals surface area contributed by atoms with Crippen molar-refractivity contribution in [2.24, 2.45) is 0 Å². The Morgan fingerprint density at radius 1 is 1.26 bits per heavy atom. The lowest BCUT2D eigenvalue weighted by atomic mass is 10.1. The molecule has 1 fully saturated rings. The third-order valence-corrected chi connectivity index (χ3v) is 3.51. The molecule has 2 N–H and O–H groups in total. The summed E-state index contributed by atoms with van der Waals surface area (Å²) < 4.78 is 14.0. The highest BCUT2D eigenvalue weighted by Gasteiger charge is 2.23. The van der Waals surface area contributed by atoms with Gasteiger partial charge in [0.2, 0.25) is 0 Å². The van der Waals surface area contributed by atoms with Crippen molar-refractivity contribution in [2.75, 3.05) is 18.8 Å². The van der Waals surface area contributed by atoms with Gasteiger partial charge in [0.25, 0.3) is 5.91 Å². The van der Waals surface area contributed by atoms with E-state index in [1.807, 2.05) is 0 Å². The van der Waals surface area contributed by atoms with Crippen molar-refractivity contribution in [3.63, 3.8) is 0 Å². The zero-order valence-corrected chi connectivity index (χ0v) is 10.4. The van der Waals surface area contributed by atoms with Crippen LogP contribution in [0, 0.1) is 5.82 Å². The second-order valence-corrected chi connectivity index (χ2v) is 4.72. The molecule has 0 spiro atoms. The summed E-state index contributed by atoms with van der Waals surface area (Å²) in [7, 11) is 0. The molecule has 98 valence electrons. The van der Waals surface area contributed by atoms with Gasteiger partial charge in [-0.1, -0.05) is 0 Å². The highest BCUT2D eigenvalue weighted by molar-refractivity contribution is 6.08. The molecule has 19 heavy (non-hydrogen) atoms. The maximum absolute atomic E-state index is 14.0. The van der Waals surface area contributed by atoms with E-state index in [0.29, 0.717) is 24.2 Å². The minimum absolute atomic E-state index is 0.157. The van der Waals surface area contributed by atoms with Gasteiger partial charge in [-0.25, -0.2) is 4.39 Å². The molecule has 0 atom stereocenters. The van der Waals surface area contributed by atoms with E-state index in [1.165, 1.54) is 18.3 Å². The minimum atomic E-state index is -0.458. The molecule has 2 aromatic rings. The number of carbonyl (C=O) groups is 1. The van der Waals surface area contributed by atoms with Gasteiger partial charge in [0.1, 0.15) is 11.5 Å². The Morgan fingerprint density at radius 2 is 2.00 bits per heavy atom. The van der Waals surface area contributed by atoms with Gasteiger partial charge in [0.05, 0.1) is 5.39 Å². The molecule has 1 saturated heterocycles. The van der Waals surface area contributed by atoms with Crippen LogP contribution in [0.2, 0.25) is 0 Å². The standard InChI is InChI=1S/C14H14FN3O/c15-10-3-4-11(16)9-5-6-17-13(12(9)10)14(19)18-7-1-2-8-18/h3-6H,1-2,7-8,16H2. The number of carbonyl (C=O) groups excluding carboxylic acids is 1. The predicted molar refractivity (Wildman–Crippen MR) is 71.3 cm³/mol. The average molecular weight is 259 g/mol.